The Morgan fingerprint density at radius 2 is 2.50 bits per heavy atom. The van der Waals surface area contributed by atoms with E-state index in [0.717, 1.165) is 19.3 Å². The molecule has 1 amide bonds. The molecule has 0 spiro atoms. The molecule has 0 radical (unpaired) electrons. The number of allylic oxidation sites excluding steroid dienone is 2. The molecule has 1 atom stereocenters. The molecule has 0 aliphatic heterocycles. The van der Waals surface area contributed by atoms with Gasteiger partial charge in [0.15, 0.2) is 0 Å². The molecule has 0 aromatic rings. The van der Waals surface area contributed by atoms with Crippen LogP contribution in [0.15, 0.2) is 11.6 Å². The van der Waals surface area contributed by atoms with Crippen LogP contribution in [0.1, 0.15) is 26.2 Å². The zero-order chi connectivity index (χ0) is 7.56. The van der Waals surface area contributed by atoms with Crippen molar-refractivity contribution in [1.82, 2.24) is 0 Å². The molecule has 0 heterocycles. The summed E-state index contributed by atoms with van der Waals surface area (Å²) < 4.78 is 0. The highest BCUT2D eigenvalue weighted by Crippen LogP contribution is 2.22. The summed E-state index contributed by atoms with van der Waals surface area (Å²) in [6, 6.07) is 0. The normalized spacial score (nSPS) is 25.7. The van der Waals surface area contributed by atoms with Gasteiger partial charge in [0.25, 0.3) is 0 Å². The van der Waals surface area contributed by atoms with Crippen molar-refractivity contribution in [3.05, 3.63) is 11.6 Å². The summed E-state index contributed by atoms with van der Waals surface area (Å²) in [7, 11) is 0. The summed E-state index contributed by atoms with van der Waals surface area (Å²) in [6.45, 7) is 2.09. The van der Waals surface area contributed by atoms with Gasteiger partial charge in [-0.3, -0.25) is 4.79 Å². The first-order valence-corrected chi connectivity index (χ1v) is 3.65. The molecule has 0 saturated carbocycles. The first-order chi connectivity index (χ1) is 4.70. The largest absolute Gasteiger partial charge is 0.369 e. The molecule has 2 heteroatoms. The quantitative estimate of drug-likeness (QED) is 0.545. The van der Waals surface area contributed by atoms with Gasteiger partial charge in [-0.25, -0.2) is 0 Å². The summed E-state index contributed by atoms with van der Waals surface area (Å²) in [5.41, 5.74) is 6.53. The van der Waals surface area contributed by atoms with Gasteiger partial charge in [-0.1, -0.05) is 11.6 Å². The van der Waals surface area contributed by atoms with Crippen LogP contribution >= 0.6 is 0 Å². The molecule has 2 nitrogen and oxygen atoms in total. The number of rotatable bonds is 1. The van der Waals surface area contributed by atoms with E-state index in [1.165, 1.54) is 5.57 Å². The highest BCUT2D eigenvalue weighted by Gasteiger charge is 2.16. The predicted molar refractivity (Wildman–Crippen MR) is 40.3 cm³/mol. The summed E-state index contributed by atoms with van der Waals surface area (Å²) in [6.07, 6.45) is 4.94. The molecule has 2 N–H and O–H groups in total. The first-order valence-electron chi connectivity index (χ1n) is 3.65. The number of carbonyl (C=O) groups excluding carboxylic acids is 1. The summed E-state index contributed by atoms with van der Waals surface area (Å²) in [4.78, 5) is 10.7. The molecule has 0 aromatic heterocycles. The maximum atomic E-state index is 10.7. The Bertz CT molecular complexity index is 172. The van der Waals surface area contributed by atoms with Crippen molar-refractivity contribution in [2.24, 2.45) is 11.7 Å². The van der Waals surface area contributed by atoms with Crippen LogP contribution in [-0.4, -0.2) is 5.91 Å². The highest BCUT2D eigenvalue weighted by atomic mass is 16.1. The number of primary amides is 1. The molecule has 0 saturated heterocycles. The Morgan fingerprint density at radius 1 is 1.80 bits per heavy atom. The number of amides is 1. The molecule has 1 aliphatic rings. The van der Waals surface area contributed by atoms with Gasteiger partial charge in [-0.2, -0.15) is 0 Å². The van der Waals surface area contributed by atoms with Gasteiger partial charge >= 0.3 is 0 Å². The van der Waals surface area contributed by atoms with E-state index in [1.54, 1.807) is 0 Å². The fourth-order valence-corrected chi connectivity index (χ4v) is 1.22. The van der Waals surface area contributed by atoms with Gasteiger partial charge in [0.05, 0.1) is 0 Å². The molecule has 0 bridgehead atoms. The third kappa shape index (κ3) is 1.59. The molecule has 0 fully saturated rings. The van der Waals surface area contributed by atoms with E-state index in [9.17, 15) is 4.79 Å². The van der Waals surface area contributed by atoms with Crippen molar-refractivity contribution < 1.29 is 4.79 Å². The number of hydrogen-bond acceptors (Lipinski definition) is 1. The van der Waals surface area contributed by atoms with Crippen LogP contribution in [0.4, 0.5) is 0 Å². The zero-order valence-electron chi connectivity index (χ0n) is 6.26. The van der Waals surface area contributed by atoms with Crippen LogP contribution in [-0.2, 0) is 4.79 Å². The second-order valence-electron chi connectivity index (χ2n) is 2.92. The lowest BCUT2D eigenvalue weighted by Crippen LogP contribution is -2.24. The molecule has 10 heavy (non-hydrogen) atoms. The van der Waals surface area contributed by atoms with Crippen LogP contribution in [0.25, 0.3) is 0 Å². The summed E-state index contributed by atoms with van der Waals surface area (Å²) in [5, 5.41) is 0. The van der Waals surface area contributed by atoms with Crippen molar-refractivity contribution in [2.45, 2.75) is 26.2 Å². The van der Waals surface area contributed by atoms with Gasteiger partial charge in [0.2, 0.25) is 5.91 Å². The number of hydrogen-bond donors (Lipinski definition) is 1. The van der Waals surface area contributed by atoms with Crippen molar-refractivity contribution >= 4 is 5.91 Å². The minimum absolute atomic E-state index is 0.101. The van der Waals surface area contributed by atoms with E-state index in [2.05, 4.69) is 13.0 Å². The average molecular weight is 139 g/mol. The van der Waals surface area contributed by atoms with Crippen molar-refractivity contribution in [1.29, 1.82) is 0 Å². The van der Waals surface area contributed by atoms with E-state index in [0.29, 0.717) is 0 Å². The van der Waals surface area contributed by atoms with Crippen LogP contribution in [0, 0.1) is 5.92 Å². The topological polar surface area (TPSA) is 43.1 Å². The second kappa shape index (κ2) is 2.86. The van der Waals surface area contributed by atoms with Gasteiger partial charge < -0.3 is 5.73 Å². The Labute approximate surface area is 61.1 Å². The zero-order valence-corrected chi connectivity index (χ0v) is 6.26. The molecular formula is C8H13NO. The van der Waals surface area contributed by atoms with Crippen LogP contribution < -0.4 is 5.73 Å². The fourth-order valence-electron chi connectivity index (χ4n) is 1.22. The second-order valence-corrected chi connectivity index (χ2v) is 2.92. The van der Waals surface area contributed by atoms with Gasteiger partial charge in [-0.15, -0.1) is 0 Å². The maximum Gasteiger partial charge on any atom is 0.220 e. The molecule has 1 rings (SSSR count). The molecule has 56 valence electrons. The minimum Gasteiger partial charge on any atom is -0.369 e. The SMILES string of the molecule is CC1=CCC(C(N)=O)CC1. The maximum absolute atomic E-state index is 10.7. The Morgan fingerprint density at radius 3 is 2.90 bits per heavy atom. The molecule has 1 aliphatic carbocycles. The minimum atomic E-state index is -0.149. The lowest BCUT2D eigenvalue weighted by atomic mass is 9.90. The lowest BCUT2D eigenvalue weighted by Gasteiger charge is -2.16. The van der Waals surface area contributed by atoms with Crippen LogP contribution in [0.3, 0.4) is 0 Å². The molecule has 0 aromatic carbocycles. The van der Waals surface area contributed by atoms with Crippen molar-refractivity contribution in [3.8, 4) is 0 Å². The Hall–Kier alpha value is -0.790. The monoisotopic (exact) mass is 139 g/mol. The lowest BCUT2D eigenvalue weighted by molar-refractivity contribution is -0.122. The molecular weight excluding hydrogens is 126 g/mol. The molecule has 1 unspecified atom stereocenters. The summed E-state index contributed by atoms with van der Waals surface area (Å²) >= 11 is 0. The van der Waals surface area contributed by atoms with Gasteiger partial charge in [0.1, 0.15) is 0 Å². The number of nitrogens with two attached hydrogens (primary N) is 1. The van der Waals surface area contributed by atoms with Gasteiger partial charge in [-0.05, 0) is 26.2 Å². The average Bonchev–Trinajstić information content (AvgIpc) is 1.88. The van der Waals surface area contributed by atoms with Crippen molar-refractivity contribution in [3.63, 3.8) is 0 Å². The first kappa shape index (κ1) is 7.32. The van der Waals surface area contributed by atoms with E-state index < -0.39 is 0 Å². The highest BCUT2D eigenvalue weighted by molar-refractivity contribution is 5.77. The van der Waals surface area contributed by atoms with Gasteiger partial charge in [0, 0.05) is 5.92 Å². The van der Waals surface area contributed by atoms with Crippen LogP contribution in [0.2, 0.25) is 0 Å². The third-order valence-electron chi connectivity index (χ3n) is 2.04. The number of carbonyl (C=O) groups is 1. The standard InChI is InChI=1S/C8H13NO/c1-6-2-4-7(5-3-6)8(9)10/h2,7H,3-5H2,1H3,(H2,9,10). The third-order valence-corrected chi connectivity index (χ3v) is 2.04. The van der Waals surface area contributed by atoms with E-state index in [1.807, 2.05) is 0 Å². The fraction of sp³-hybridized carbons (Fsp3) is 0.625. The predicted octanol–water partition coefficient (Wildman–Crippen LogP) is 1.22. The Kier molecular flexibility index (Phi) is 2.10. The summed E-state index contributed by atoms with van der Waals surface area (Å²) in [5.74, 6) is -0.0487. The van der Waals surface area contributed by atoms with Crippen molar-refractivity contribution in [2.75, 3.05) is 0 Å². The smallest absolute Gasteiger partial charge is 0.220 e. The van der Waals surface area contributed by atoms with E-state index in [4.69, 9.17) is 5.73 Å². The van der Waals surface area contributed by atoms with E-state index in [-0.39, 0.29) is 11.8 Å². The van der Waals surface area contributed by atoms with Crippen LogP contribution in [0.5, 0.6) is 0 Å². The Balaban J connectivity index is 2.50. The van der Waals surface area contributed by atoms with E-state index >= 15 is 0 Å².